The second kappa shape index (κ2) is 6.94. The highest BCUT2D eigenvalue weighted by molar-refractivity contribution is 5.99. The number of benzene rings is 1. The van der Waals surface area contributed by atoms with Gasteiger partial charge in [-0.3, -0.25) is 4.79 Å². The SMILES string of the molecule is COC(=O)C1(C2(c3ccccc3)CC2)CC(Cn2cc[n+]3cccc(C(N)=O)c23)=NO1. The van der Waals surface area contributed by atoms with Crippen molar-refractivity contribution in [2.24, 2.45) is 10.9 Å². The molecule has 158 valence electrons. The number of oxime groups is 1. The normalized spacial score (nSPS) is 21.4. The molecule has 31 heavy (non-hydrogen) atoms. The molecule has 8 heteroatoms. The van der Waals surface area contributed by atoms with E-state index in [1.165, 1.54) is 7.11 Å². The van der Waals surface area contributed by atoms with E-state index in [0.717, 1.165) is 18.4 Å². The fourth-order valence-electron chi connectivity index (χ4n) is 4.79. The molecular formula is C23H23N4O4+. The second-order valence-corrected chi connectivity index (χ2v) is 8.14. The zero-order valence-corrected chi connectivity index (χ0v) is 17.2. The Morgan fingerprint density at radius 3 is 2.65 bits per heavy atom. The Bertz CT molecular complexity index is 1210. The van der Waals surface area contributed by atoms with Crippen LogP contribution in [0.3, 0.4) is 0 Å². The fraction of sp³-hybridized carbons (Fsp3) is 0.304. The van der Waals surface area contributed by atoms with E-state index >= 15 is 0 Å². The summed E-state index contributed by atoms with van der Waals surface area (Å²) < 4.78 is 8.90. The van der Waals surface area contributed by atoms with Gasteiger partial charge in [-0.1, -0.05) is 35.5 Å². The molecule has 0 radical (unpaired) electrons. The zero-order valence-electron chi connectivity index (χ0n) is 17.2. The average Bonchev–Trinajstić information content (AvgIpc) is 3.35. The van der Waals surface area contributed by atoms with Crippen molar-refractivity contribution in [2.75, 3.05) is 7.11 Å². The lowest BCUT2D eigenvalue weighted by Crippen LogP contribution is -2.51. The number of imidazole rings is 1. The third kappa shape index (κ3) is 2.82. The van der Waals surface area contributed by atoms with Crippen molar-refractivity contribution in [1.82, 2.24) is 4.57 Å². The van der Waals surface area contributed by atoms with E-state index in [0.29, 0.717) is 29.9 Å². The van der Waals surface area contributed by atoms with Gasteiger partial charge in [0.2, 0.25) is 5.60 Å². The smallest absolute Gasteiger partial charge is 0.354 e. The van der Waals surface area contributed by atoms with E-state index in [1.807, 2.05) is 57.9 Å². The standard InChI is InChI=1S/C23H22N4O4/c1-30-21(29)23(22(9-10-22)16-6-3-2-4-7-16)14-17(25-31-23)15-27-13-12-26-11-5-8-18(19(24)28)20(26)27/h2-8,11-13H,9-10,14-15H2,1H3,(H-,24,28)/p+1. The first-order chi connectivity index (χ1) is 15.0. The molecule has 1 aromatic carbocycles. The number of primary amides is 1. The maximum Gasteiger partial charge on any atom is 0.354 e. The van der Waals surface area contributed by atoms with Crippen LogP contribution in [0.2, 0.25) is 0 Å². The maximum absolute atomic E-state index is 13.0. The van der Waals surface area contributed by atoms with Gasteiger partial charge in [0.1, 0.15) is 30.2 Å². The topological polar surface area (TPSA) is 100 Å². The summed E-state index contributed by atoms with van der Waals surface area (Å²) in [5, 5.41) is 4.32. The van der Waals surface area contributed by atoms with Gasteiger partial charge in [0.15, 0.2) is 0 Å². The van der Waals surface area contributed by atoms with E-state index in [4.69, 9.17) is 15.3 Å². The van der Waals surface area contributed by atoms with Gasteiger partial charge in [0.25, 0.3) is 11.6 Å². The largest absolute Gasteiger partial charge is 0.466 e. The number of amides is 1. The minimum absolute atomic E-state index is 0.317. The van der Waals surface area contributed by atoms with E-state index in [-0.39, 0.29) is 0 Å². The molecule has 1 fully saturated rings. The molecule has 2 aliphatic rings. The van der Waals surface area contributed by atoms with Gasteiger partial charge in [-0.05, 0) is 30.5 Å². The summed E-state index contributed by atoms with van der Waals surface area (Å²) in [6.07, 6.45) is 7.51. The summed E-state index contributed by atoms with van der Waals surface area (Å²) >= 11 is 0. The van der Waals surface area contributed by atoms with Crippen molar-refractivity contribution in [1.29, 1.82) is 0 Å². The number of methoxy groups -OCH3 is 1. The van der Waals surface area contributed by atoms with Crippen LogP contribution < -0.4 is 10.1 Å². The van der Waals surface area contributed by atoms with Crippen LogP contribution in [0.4, 0.5) is 0 Å². The van der Waals surface area contributed by atoms with E-state index in [2.05, 4.69) is 5.16 Å². The Balaban J connectivity index is 1.49. The van der Waals surface area contributed by atoms with Crippen LogP contribution >= 0.6 is 0 Å². The summed E-state index contributed by atoms with van der Waals surface area (Å²) in [4.78, 5) is 30.8. The Hall–Kier alpha value is -3.68. The number of nitrogens with zero attached hydrogens (tertiary/aromatic N) is 3. The van der Waals surface area contributed by atoms with Crippen LogP contribution in [-0.2, 0) is 26.3 Å². The number of aromatic nitrogens is 2. The average molecular weight is 419 g/mol. The molecule has 8 nitrogen and oxygen atoms in total. The van der Waals surface area contributed by atoms with Crippen molar-refractivity contribution in [3.63, 3.8) is 0 Å². The van der Waals surface area contributed by atoms with Crippen LogP contribution in [0, 0.1) is 0 Å². The lowest BCUT2D eigenvalue weighted by Gasteiger charge is -2.33. The van der Waals surface area contributed by atoms with Crippen LogP contribution in [0.1, 0.15) is 35.2 Å². The van der Waals surface area contributed by atoms with Gasteiger partial charge < -0.3 is 15.3 Å². The molecule has 0 bridgehead atoms. The van der Waals surface area contributed by atoms with Crippen molar-refractivity contribution < 1.29 is 23.6 Å². The highest BCUT2D eigenvalue weighted by Gasteiger charge is 2.69. The molecule has 2 aromatic heterocycles. The first-order valence-electron chi connectivity index (χ1n) is 10.2. The minimum Gasteiger partial charge on any atom is -0.466 e. The Kier molecular flexibility index (Phi) is 4.32. The molecule has 0 spiro atoms. The monoisotopic (exact) mass is 419 g/mol. The minimum atomic E-state index is -1.19. The molecule has 1 saturated carbocycles. The van der Waals surface area contributed by atoms with E-state index < -0.39 is 22.9 Å². The number of rotatable bonds is 6. The summed E-state index contributed by atoms with van der Waals surface area (Å²) in [6.45, 7) is 0.365. The lowest BCUT2D eigenvalue weighted by atomic mass is 9.75. The molecule has 1 unspecified atom stereocenters. The molecule has 1 atom stereocenters. The zero-order chi connectivity index (χ0) is 21.6. The van der Waals surface area contributed by atoms with Crippen molar-refractivity contribution in [3.05, 3.63) is 72.2 Å². The highest BCUT2D eigenvalue weighted by Crippen LogP contribution is 2.60. The predicted octanol–water partition coefficient (Wildman–Crippen LogP) is 1.75. The van der Waals surface area contributed by atoms with Crippen molar-refractivity contribution >= 4 is 23.2 Å². The second-order valence-electron chi connectivity index (χ2n) is 8.14. The Morgan fingerprint density at radius 1 is 1.19 bits per heavy atom. The number of nitrogens with two attached hydrogens (primary N) is 1. The summed E-state index contributed by atoms with van der Waals surface area (Å²) in [6, 6.07) is 13.4. The Labute approximate surface area is 178 Å². The van der Waals surface area contributed by atoms with Crippen molar-refractivity contribution in [3.8, 4) is 0 Å². The molecule has 1 aliphatic heterocycles. The number of ether oxygens (including phenoxy) is 1. The Morgan fingerprint density at radius 2 is 1.97 bits per heavy atom. The van der Waals surface area contributed by atoms with E-state index in [9.17, 15) is 9.59 Å². The van der Waals surface area contributed by atoms with Crippen LogP contribution in [0.25, 0.3) is 5.65 Å². The molecule has 1 aliphatic carbocycles. The summed E-state index contributed by atoms with van der Waals surface area (Å²) in [7, 11) is 1.38. The van der Waals surface area contributed by atoms with Gasteiger partial charge in [0, 0.05) is 11.8 Å². The first-order valence-corrected chi connectivity index (χ1v) is 10.2. The first kappa shape index (κ1) is 19.3. The number of hydrogen-bond acceptors (Lipinski definition) is 5. The van der Waals surface area contributed by atoms with Gasteiger partial charge >= 0.3 is 5.97 Å². The maximum atomic E-state index is 13.0. The van der Waals surface area contributed by atoms with E-state index in [1.54, 1.807) is 12.1 Å². The molecule has 1 amide bonds. The molecule has 3 aromatic rings. The van der Waals surface area contributed by atoms with Gasteiger partial charge in [0.05, 0.1) is 13.3 Å². The number of hydrogen-bond donors (Lipinski definition) is 1. The third-order valence-corrected chi connectivity index (χ3v) is 6.44. The number of carbonyl (C=O) groups is 2. The third-order valence-electron chi connectivity index (χ3n) is 6.44. The lowest BCUT2D eigenvalue weighted by molar-refractivity contribution is -0.510. The van der Waals surface area contributed by atoms with Crippen LogP contribution in [0.5, 0.6) is 0 Å². The number of esters is 1. The molecular weight excluding hydrogens is 396 g/mol. The summed E-state index contributed by atoms with van der Waals surface area (Å²) in [5.41, 5.74) is 6.74. The molecule has 2 N–H and O–H groups in total. The number of carbonyl (C=O) groups excluding carboxylic acids is 2. The molecule has 0 saturated heterocycles. The highest BCUT2D eigenvalue weighted by atomic mass is 16.7. The van der Waals surface area contributed by atoms with Gasteiger partial charge in [-0.15, -0.1) is 0 Å². The molecule has 5 rings (SSSR count). The predicted molar refractivity (Wildman–Crippen MR) is 111 cm³/mol. The quantitative estimate of drug-likeness (QED) is 0.486. The van der Waals surface area contributed by atoms with Crippen LogP contribution in [-0.4, -0.2) is 34.9 Å². The van der Waals surface area contributed by atoms with Gasteiger partial charge in [-0.2, -0.15) is 0 Å². The number of fused-ring (bicyclic) bond motifs is 1. The van der Waals surface area contributed by atoms with Crippen LogP contribution in [0.15, 0.2) is 66.2 Å². The summed E-state index contributed by atoms with van der Waals surface area (Å²) in [5.74, 6) is -0.926. The van der Waals surface area contributed by atoms with Gasteiger partial charge in [-0.25, -0.2) is 13.8 Å². The fourth-order valence-corrected chi connectivity index (χ4v) is 4.79. The number of pyridine rings is 1. The van der Waals surface area contributed by atoms with Crippen molar-refractivity contribution in [2.45, 2.75) is 36.8 Å². The molecule has 3 heterocycles.